The molecule has 0 bridgehead atoms. The largest absolute Gasteiger partial charge is 0.458 e. The van der Waals surface area contributed by atoms with Gasteiger partial charge in [-0.25, -0.2) is 0 Å². The molecule has 0 N–H and O–H groups in total. The molecule has 4 aromatic carbocycles. The minimum atomic E-state index is 0.144. The van der Waals surface area contributed by atoms with Crippen LogP contribution in [0.1, 0.15) is 5.56 Å². The van der Waals surface area contributed by atoms with Crippen molar-refractivity contribution in [2.75, 3.05) is 0 Å². The van der Waals surface area contributed by atoms with Crippen LogP contribution in [0.25, 0.3) is 27.5 Å². The number of benzene rings is 4. The van der Waals surface area contributed by atoms with Crippen molar-refractivity contribution in [3.05, 3.63) is 72.3 Å². The van der Waals surface area contributed by atoms with E-state index in [1.165, 1.54) is 44.0 Å². The molecule has 0 aliphatic carbocycles. The van der Waals surface area contributed by atoms with Gasteiger partial charge in [-0.1, -0.05) is 24.3 Å². The molecule has 0 amide bonds. The first-order valence-corrected chi connectivity index (χ1v) is 10.00. The molecule has 8 rings (SSSR count). The average Bonchev–Trinajstić information content (AvgIpc) is 3.09. The Morgan fingerprint density at radius 1 is 0.690 bits per heavy atom. The minimum absolute atomic E-state index is 0.144. The lowest BCUT2D eigenvalue weighted by Gasteiger charge is -2.37. The van der Waals surface area contributed by atoms with Gasteiger partial charge in [-0.2, -0.15) is 0 Å². The van der Waals surface area contributed by atoms with E-state index in [1.54, 1.807) is 0 Å². The maximum atomic E-state index is 6.40. The first-order valence-electron chi connectivity index (χ1n) is 10.00. The van der Waals surface area contributed by atoms with Crippen molar-refractivity contribution in [3.63, 3.8) is 0 Å². The number of aryl methyl sites for hydroxylation is 1. The highest BCUT2D eigenvalue weighted by atomic mass is 16.5. The van der Waals surface area contributed by atoms with Gasteiger partial charge in [0.15, 0.2) is 0 Å². The average molecular weight is 371 g/mol. The molecular weight excluding hydrogens is 357 g/mol. The fourth-order valence-electron chi connectivity index (χ4n) is 5.72. The van der Waals surface area contributed by atoms with E-state index in [0.29, 0.717) is 0 Å². The molecule has 4 heterocycles. The maximum Gasteiger partial charge on any atom is 0.266 e. The third-order valence-corrected chi connectivity index (χ3v) is 6.78. The summed E-state index contributed by atoms with van der Waals surface area (Å²) in [4.78, 5) is 0. The fourth-order valence-corrected chi connectivity index (χ4v) is 5.72. The van der Waals surface area contributed by atoms with Crippen molar-refractivity contribution in [3.8, 4) is 28.7 Å². The SMILES string of the molecule is Cc1cccc2c1c1ccc3c4c1n2-c1cccc2c1B4c1c(cccc1O3)O2. The van der Waals surface area contributed by atoms with Gasteiger partial charge < -0.3 is 14.0 Å². The molecule has 4 heteroatoms. The van der Waals surface area contributed by atoms with Gasteiger partial charge in [0.25, 0.3) is 6.71 Å². The van der Waals surface area contributed by atoms with Gasteiger partial charge in [0.05, 0.1) is 11.0 Å². The second kappa shape index (κ2) is 4.49. The van der Waals surface area contributed by atoms with Crippen LogP contribution >= 0.6 is 0 Å². The summed E-state index contributed by atoms with van der Waals surface area (Å²) in [6.07, 6.45) is 0. The van der Waals surface area contributed by atoms with Crippen molar-refractivity contribution >= 4 is 44.9 Å². The van der Waals surface area contributed by atoms with Crippen molar-refractivity contribution in [2.45, 2.75) is 6.92 Å². The van der Waals surface area contributed by atoms with Crippen LogP contribution in [0.5, 0.6) is 23.0 Å². The molecule has 3 aliphatic rings. The molecule has 0 spiro atoms. The second-order valence-corrected chi connectivity index (χ2v) is 8.17. The molecule has 0 saturated heterocycles. The standard InChI is InChI=1S/C25H14BNO2/c1-13-5-2-6-15-21(13)14-11-12-20-24-25(14)27(15)16-7-3-8-17-22(16)26(24)23-18(28-17)9-4-10-19(23)29-20/h2-12H,1H3. The highest BCUT2D eigenvalue weighted by Crippen LogP contribution is 2.43. The summed E-state index contributed by atoms with van der Waals surface area (Å²) in [6.45, 7) is 2.34. The van der Waals surface area contributed by atoms with Crippen molar-refractivity contribution < 1.29 is 9.47 Å². The van der Waals surface area contributed by atoms with E-state index in [-0.39, 0.29) is 6.71 Å². The predicted molar refractivity (Wildman–Crippen MR) is 117 cm³/mol. The molecule has 0 radical (unpaired) electrons. The third kappa shape index (κ3) is 1.46. The Morgan fingerprint density at radius 2 is 1.38 bits per heavy atom. The summed E-state index contributed by atoms with van der Waals surface area (Å²) >= 11 is 0. The first-order chi connectivity index (χ1) is 14.3. The Morgan fingerprint density at radius 3 is 2.21 bits per heavy atom. The molecule has 3 aliphatic heterocycles. The summed E-state index contributed by atoms with van der Waals surface area (Å²) in [5.74, 6) is 3.71. The molecule has 5 aromatic rings. The van der Waals surface area contributed by atoms with Crippen LogP contribution in [0.15, 0.2) is 66.7 Å². The lowest BCUT2D eigenvalue weighted by molar-refractivity contribution is 0.464. The van der Waals surface area contributed by atoms with Crippen molar-refractivity contribution in [2.24, 2.45) is 0 Å². The molecule has 134 valence electrons. The molecule has 0 saturated carbocycles. The topological polar surface area (TPSA) is 23.4 Å². The third-order valence-electron chi connectivity index (χ3n) is 6.78. The van der Waals surface area contributed by atoms with E-state index in [2.05, 4.69) is 72.2 Å². The molecule has 3 nitrogen and oxygen atoms in total. The van der Waals surface area contributed by atoms with E-state index in [4.69, 9.17) is 9.47 Å². The molecule has 0 fully saturated rings. The Kier molecular flexibility index (Phi) is 2.22. The number of hydrogen-bond donors (Lipinski definition) is 0. The van der Waals surface area contributed by atoms with Crippen LogP contribution in [-0.2, 0) is 0 Å². The highest BCUT2D eigenvalue weighted by molar-refractivity contribution is 7.00. The van der Waals surface area contributed by atoms with Crippen LogP contribution in [0, 0.1) is 6.92 Å². The van der Waals surface area contributed by atoms with E-state index in [9.17, 15) is 0 Å². The van der Waals surface area contributed by atoms with Gasteiger partial charge in [0, 0.05) is 21.9 Å². The summed E-state index contributed by atoms with van der Waals surface area (Å²) in [6, 6.07) is 23.5. The lowest BCUT2D eigenvalue weighted by Crippen LogP contribution is -2.60. The number of nitrogens with zero attached hydrogens (tertiary/aromatic N) is 1. The van der Waals surface area contributed by atoms with Crippen LogP contribution in [0.2, 0.25) is 0 Å². The van der Waals surface area contributed by atoms with Crippen LogP contribution in [0.3, 0.4) is 0 Å². The molecule has 0 unspecified atom stereocenters. The van der Waals surface area contributed by atoms with Gasteiger partial charge in [-0.3, -0.25) is 0 Å². The number of ether oxygens (including phenoxy) is 2. The maximum absolute atomic E-state index is 6.40. The number of hydrogen-bond acceptors (Lipinski definition) is 2. The zero-order valence-corrected chi connectivity index (χ0v) is 15.7. The molecule has 29 heavy (non-hydrogen) atoms. The van der Waals surface area contributed by atoms with Crippen molar-refractivity contribution in [1.29, 1.82) is 0 Å². The molecule has 1 aromatic heterocycles. The van der Waals surface area contributed by atoms with Gasteiger partial charge in [0.2, 0.25) is 0 Å². The zero-order valence-electron chi connectivity index (χ0n) is 15.7. The summed E-state index contributed by atoms with van der Waals surface area (Å²) < 4.78 is 15.2. The van der Waals surface area contributed by atoms with Crippen LogP contribution in [-0.4, -0.2) is 11.3 Å². The predicted octanol–water partition coefficient (Wildman–Crippen LogP) is 4.13. The quantitative estimate of drug-likeness (QED) is 0.374. The highest BCUT2D eigenvalue weighted by Gasteiger charge is 2.46. The Labute approximate surface area is 167 Å². The first kappa shape index (κ1) is 14.4. The zero-order chi connectivity index (χ0) is 18.9. The van der Waals surface area contributed by atoms with E-state index in [1.807, 2.05) is 6.07 Å². The smallest absolute Gasteiger partial charge is 0.266 e. The van der Waals surface area contributed by atoms with Crippen molar-refractivity contribution in [1.82, 2.24) is 4.57 Å². The Bertz CT molecular complexity index is 1570. The monoisotopic (exact) mass is 371 g/mol. The van der Waals surface area contributed by atoms with E-state index in [0.717, 1.165) is 28.5 Å². The van der Waals surface area contributed by atoms with E-state index >= 15 is 0 Å². The van der Waals surface area contributed by atoms with Gasteiger partial charge in [-0.05, 0) is 65.9 Å². The normalized spacial score (nSPS) is 14.2. The Hall–Kier alpha value is -3.66. The minimum Gasteiger partial charge on any atom is -0.458 e. The lowest BCUT2D eigenvalue weighted by atomic mass is 9.33. The van der Waals surface area contributed by atoms with Crippen LogP contribution < -0.4 is 25.9 Å². The summed E-state index contributed by atoms with van der Waals surface area (Å²) in [5.41, 5.74) is 8.68. The molecule has 0 atom stereocenters. The second-order valence-electron chi connectivity index (χ2n) is 8.17. The van der Waals surface area contributed by atoms with Crippen LogP contribution in [0.4, 0.5) is 0 Å². The van der Waals surface area contributed by atoms with Gasteiger partial charge in [0.1, 0.15) is 23.0 Å². The number of rotatable bonds is 0. The number of aromatic nitrogens is 1. The summed E-state index contributed by atoms with van der Waals surface area (Å²) in [7, 11) is 0. The number of fused-ring (bicyclic) bond motifs is 4. The van der Waals surface area contributed by atoms with E-state index < -0.39 is 0 Å². The fraction of sp³-hybridized carbons (Fsp3) is 0.0400. The van der Waals surface area contributed by atoms with Gasteiger partial charge in [-0.15, -0.1) is 0 Å². The summed E-state index contributed by atoms with van der Waals surface area (Å²) in [5, 5.41) is 2.62. The molecular formula is C25H14BNO2. The van der Waals surface area contributed by atoms with Gasteiger partial charge >= 0.3 is 0 Å². The Balaban J connectivity index is 1.70.